The number of carbonyl (C=O) groups is 2. The Labute approximate surface area is 211 Å². The number of aliphatic hydroxyl groups excluding tert-OH is 1. The van der Waals surface area contributed by atoms with Gasteiger partial charge in [0.2, 0.25) is 5.91 Å². The lowest BCUT2D eigenvalue weighted by Crippen LogP contribution is -2.49. The number of hydrogen-bond donors (Lipinski definition) is 2. The first-order valence-corrected chi connectivity index (χ1v) is 13.6. The van der Waals surface area contributed by atoms with Crippen molar-refractivity contribution in [1.29, 1.82) is 0 Å². The van der Waals surface area contributed by atoms with Crippen molar-refractivity contribution in [2.24, 2.45) is 5.73 Å². The van der Waals surface area contributed by atoms with E-state index in [1.165, 1.54) is 31.2 Å². The first kappa shape index (κ1) is 27.6. The molecular formula is C28H46N4O3. The lowest BCUT2D eigenvalue weighted by Gasteiger charge is -2.40. The van der Waals surface area contributed by atoms with E-state index in [1.54, 1.807) is 6.07 Å². The quantitative estimate of drug-likeness (QED) is 0.394. The molecule has 2 heterocycles. The van der Waals surface area contributed by atoms with Crippen LogP contribution in [0, 0.1) is 0 Å². The molecule has 4 atom stereocenters. The van der Waals surface area contributed by atoms with Crippen molar-refractivity contribution < 1.29 is 14.7 Å². The molecular weight excluding hydrogens is 440 g/mol. The van der Waals surface area contributed by atoms with Gasteiger partial charge in [0.15, 0.2) is 0 Å². The van der Waals surface area contributed by atoms with E-state index >= 15 is 0 Å². The van der Waals surface area contributed by atoms with Crippen LogP contribution in [-0.4, -0.2) is 90.1 Å². The van der Waals surface area contributed by atoms with Crippen LogP contribution in [0.3, 0.4) is 0 Å². The zero-order valence-electron chi connectivity index (χ0n) is 22.0. The minimum atomic E-state index is -0.927. The topological polar surface area (TPSA) is 90.1 Å². The molecule has 1 unspecified atom stereocenters. The number of carbonyl (C=O) groups excluding carboxylic acids is 2. The number of primary amides is 1. The third-order valence-electron chi connectivity index (χ3n) is 7.88. The van der Waals surface area contributed by atoms with Gasteiger partial charge in [0, 0.05) is 43.8 Å². The van der Waals surface area contributed by atoms with E-state index in [4.69, 9.17) is 5.73 Å². The van der Waals surface area contributed by atoms with Crippen molar-refractivity contribution in [3.05, 3.63) is 35.4 Å². The van der Waals surface area contributed by atoms with E-state index in [-0.39, 0.29) is 11.8 Å². The number of piperidine rings is 1. The van der Waals surface area contributed by atoms with Crippen molar-refractivity contribution in [1.82, 2.24) is 14.7 Å². The molecule has 0 radical (unpaired) electrons. The summed E-state index contributed by atoms with van der Waals surface area (Å²) in [5, 5.41) is 10.6. The average molecular weight is 487 g/mol. The van der Waals surface area contributed by atoms with Crippen LogP contribution in [0.4, 0.5) is 0 Å². The number of nitrogens with two attached hydrogens (primary N) is 1. The number of unbranched alkanes of at least 4 members (excludes halogenated alkanes) is 3. The molecule has 2 fully saturated rings. The van der Waals surface area contributed by atoms with Crippen LogP contribution in [0.25, 0.3) is 0 Å². The largest absolute Gasteiger partial charge is 0.383 e. The fourth-order valence-corrected chi connectivity index (χ4v) is 5.87. The van der Waals surface area contributed by atoms with Gasteiger partial charge in [0.25, 0.3) is 5.91 Å². The van der Waals surface area contributed by atoms with Crippen molar-refractivity contribution in [3.63, 3.8) is 0 Å². The van der Waals surface area contributed by atoms with Crippen LogP contribution in [0.2, 0.25) is 0 Å². The second-order valence-corrected chi connectivity index (χ2v) is 10.8. The van der Waals surface area contributed by atoms with Crippen LogP contribution >= 0.6 is 0 Å². The van der Waals surface area contributed by atoms with E-state index in [1.807, 2.05) is 36.0 Å². The minimum Gasteiger partial charge on any atom is -0.383 e. The molecule has 3 rings (SSSR count). The van der Waals surface area contributed by atoms with Crippen molar-refractivity contribution >= 4 is 11.8 Å². The van der Waals surface area contributed by atoms with E-state index < -0.39 is 6.10 Å². The number of aliphatic hydroxyl groups is 1. The molecule has 35 heavy (non-hydrogen) atoms. The summed E-state index contributed by atoms with van der Waals surface area (Å²) in [6.07, 6.45) is 8.53. The summed E-state index contributed by atoms with van der Waals surface area (Å²) in [4.78, 5) is 31.2. The second kappa shape index (κ2) is 13.4. The summed E-state index contributed by atoms with van der Waals surface area (Å²) in [6, 6.07) is 8.83. The number of amides is 2. The monoisotopic (exact) mass is 486 g/mol. The van der Waals surface area contributed by atoms with E-state index in [0.29, 0.717) is 43.1 Å². The molecule has 196 valence electrons. The van der Waals surface area contributed by atoms with Gasteiger partial charge in [-0.15, -0.1) is 0 Å². The maximum absolute atomic E-state index is 13.1. The molecule has 0 aromatic heterocycles. The van der Waals surface area contributed by atoms with Gasteiger partial charge in [-0.1, -0.05) is 38.3 Å². The molecule has 0 saturated carbocycles. The Morgan fingerprint density at radius 3 is 2.43 bits per heavy atom. The summed E-state index contributed by atoms with van der Waals surface area (Å²) in [6.45, 7) is 5.16. The van der Waals surface area contributed by atoms with Crippen LogP contribution in [0.5, 0.6) is 0 Å². The number of nitrogens with zero attached hydrogens (tertiary/aromatic N) is 3. The summed E-state index contributed by atoms with van der Waals surface area (Å²) in [7, 11) is 3.92. The molecule has 0 aliphatic carbocycles. The Hall–Kier alpha value is -1.96. The number of rotatable bonds is 14. The number of fused-ring (bicyclic) bond motifs is 2. The molecule has 2 bridgehead atoms. The summed E-state index contributed by atoms with van der Waals surface area (Å²) in [5.41, 5.74) is 7.30. The first-order chi connectivity index (χ1) is 16.8. The Bertz CT molecular complexity index is 816. The highest BCUT2D eigenvalue weighted by Gasteiger charge is 2.41. The molecule has 1 aromatic rings. The summed E-state index contributed by atoms with van der Waals surface area (Å²) in [5.74, 6) is -0.0414. The molecule has 2 aliphatic heterocycles. The van der Waals surface area contributed by atoms with Gasteiger partial charge in [-0.3, -0.25) is 14.5 Å². The zero-order valence-corrected chi connectivity index (χ0v) is 22.0. The van der Waals surface area contributed by atoms with Gasteiger partial charge in [-0.25, -0.2) is 0 Å². The van der Waals surface area contributed by atoms with Gasteiger partial charge in [-0.05, 0) is 76.2 Å². The van der Waals surface area contributed by atoms with E-state index in [9.17, 15) is 14.7 Å². The molecule has 1 aromatic carbocycles. The predicted octanol–water partition coefficient (Wildman–Crippen LogP) is 3.22. The molecule has 0 spiro atoms. The summed E-state index contributed by atoms with van der Waals surface area (Å²) < 4.78 is 0. The maximum atomic E-state index is 13.1. The molecule has 7 nitrogen and oxygen atoms in total. The Morgan fingerprint density at radius 1 is 1.09 bits per heavy atom. The molecule has 7 heteroatoms. The van der Waals surface area contributed by atoms with Crippen LogP contribution in [-0.2, 0) is 4.79 Å². The van der Waals surface area contributed by atoms with E-state index in [0.717, 1.165) is 38.8 Å². The van der Waals surface area contributed by atoms with Gasteiger partial charge >= 0.3 is 0 Å². The standard InChI is InChI=1S/C28H46N4O3/c1-4-5-6-7-14-31(28(35)26(33)13-15-30(2)3)16-17-32-24-11-12-25(32)20-23(19-24)21-9-8-10-22(18-21)27(29)34/h8-10,18,23-26,33H,4-7,11-17,19-20H2,1-3H3,(H2,29,34)/t23?,24-,25+,26-/m0/s1. The Balaban J connectivity index is 1.59. The predicted molar refractivity (Wildman–Crippen MR) is 140 cm³/mol. The minimum absolute atomic E-state index is 0.117. The molecule has 2 saturated heterocycles. The van der Waals surface area contributed by atoms with Crippen molar-refractivity contribution in [2.45, 2.75) is 88.8 Å². The van der Waals surface area contributed by atoms with Crippen LogP contribution in [0.1, 0.15) is 86.6 Å². The molecule has 2 amide bonds. The highest BCUT2D eigenvalue weighted by Crippen LogP contribution is 2.43. The van der Waals surface area contributed by atoms with E-state index in [2.05, 4.69) is 17.9 Å². The van der Waals surface area contributed by atoms with Gasteiger partial charge in [-0.2, -0.15) is 0 Å². The Kier molecular flexibility index (Phi) is 10.6. The average Bonchev–Trinajstić information content (AvgIpc) is 3.07. The maximum Gasteiger partial charge on any atom is 0.251 e. The lowest BCUT2D eigenvalue weighted by atomic mass is 9.84. The van der Waals surface area contributed by atoms with Crippen molar-refractivity contribution in [3.8, 4) is 0 Å². The number of benzene rings is 1. The van der Waals surface area contributed by atoms with Crippen LogP contribution < -0.4 is 5.73 Å². The zero-order chi connectivity index (χ0) is 25.4. The van der Waals surface area contributed by atoms with Gasteiger partial charge in [0.05, 0.1) is 0 Å². The SMILES string of the molecule is CCCCCCN(CCN1[C@@H]2CC[C@H]1CC(c1cccc(C(N)=O)c1)C2)C(=O)[C@@H](O)CCN(C)C. The number of hydrogen-bond acceptors (Lipinski definition) is 5. The van der Waals surface area contributed by atoms with Crippen molar-refractivity contribution in [2.75, 3.05) is 40.3 Å². The highest BCUT2D eigenvalue weighted by atomic mass is 16.3. The molecule has 2 aliphatic rings. The summed E-state index contributed by atoms with van der Waals surface area (Å²) >= 11 is 0. The molecule has 3 N–H and O–H groups in total. The first-order valence-electron chi connectivity index (χ1n) is 13.6. The smallest absolute Gasteiger partial charge is 0.251 e. The third-order valence-corrected chi connectivity index (χ3v) is 7.88. The third kappa shape index (κ3) is 7.76. The normalized spacial score (nSPS) is 22.9. The van der Waals surface area contributed by atoms with Gasteiger partial charge in [0.1, 0.15) is 6.10 Å². The fourth-order valence-electron chi connectivity index (χ4n) is 5.87. The second-order valence-electron chi connectivity index (χ2n) is 10.8. The van der Waals surface area contributed by atoms with Gasteiger partial charge < -0.3 is 20.6 Å². The van der Waals surface area contributed by atoms with Crippen LogP contribution in [0.15, 0.2) is 24.3 Å². The fraction of sp³-hybridized carbons (Fsp3) is 0.714. The Morgan fingerprint density at radius 2 is 1.80 bits per heavy atom. The lowest BCUT2D eigenvalue weighted by molar-refractivity contribution is -0.141. The highest BCUT2D eigenvalue weighted by molar-refractivity contribution is 5.92.